The molecule has 3 aliphatic rings. The molecule has 1 atom stereocenters. The summed E-state index contributed by atoms with van der Waals surface area (Å²) in [6.07, 6.45) is 4.68. The molecular weight excluding hydrogens is 406 g/mol. The van der Waals surface area contributed by atoms with Gasteiger partial charge in [-0.05, 0) is 38.3 Å². The van der Waals surface area contributed by atoms with E-state index in [4.69, 9.17) is 4.42 Å². The highest BCUT2D eigenvalue weighted by Crippen LogP contribution is 2.29. The van der Waals surface area contributed by atoms with Crippen molar-refractivity contribution in [3.05, 3.63) is 23.7 Å². The number of nitrogens with zero attached hydrogens (tertiary/aromatic N) is 3. The van der Waals surface area contributed by atoms with Gasteiger partial charge in [0.25, 0.3) is 5.91 Å². The third-order valence-electron chi connectivity index (χ3n) is 6.58. The number of hydrogen-bond donors (Lipinski definition) is 0. The van der Waals surface area contributed by atoms with Crippen LogP contribution in [-0.4, -0.2) is 91.2 Å². The molecule has 1 unspecified atom stereocenters. The van der Waals surface area contributed by atoms with Gasteiger partial charge in [-0.1, -0.05) is 12.8 Å². The Labute approximate surface area is 178 Å². The Hall–Kier alpha value is -1.87. The van der Waals surface area contributed by atoms with Crippen LogP contribution in [0, 0.1) is 6.92 Å². The van der Waals surface area contributed by atoms with Crippen LogP contribution in [0.1, 0.15) is 48.4 Å². The van der Waals surface area contributed by atoms with Crippen molar-refractivity contribution in [2.24, 2.45) is 0 Å². The predicted molar refractivity (Wildman–Crippen MR) is 112 cm³/mol. The van der Waals surface area contributed by atoms with Gasteiger partial charge in [0.15, 0.2) is 15.6 Å². The fraction of sp³-hybridized carbons (Fsp3) is 0.714. The summed E-state index contributed by atoms with van der Waals surface area (Å²) in [6.45, 7) is 4.44. The van der Waals surface area contributed by atoms with Crippen LogP contribution in [0.3, 0.4) is 0 Å². The molecule has 3 fully saturated rings. The number of carbonyl (C=O) groups is 2. The van der Waals surface area contributed by atoms with E-state index in [-0.39, 0.29) is 41.9 Å². The lowest BCUT2D eigenvalue weighted by Gasteiger charge is -2.38. The molecule has 0 N–H and O–H groups in total. The summed E-state index contributed by atoms with van der Waals surface area (Å²) in [6, 6.07) is 3.46. The van der Waals surface area contributed by atoms with Crippen molar-refractivity contribution >= 4 is 21.7 Å². The van der Waals surface area contributed by atoms with Crippen molar-refractivity contribution in [1.29, 1.82) is 0 Å². The number of amides is 2. The summed E-state index contributed by atoms with van der Waals surface area (Å²) in [4.78, 5) is 31.5. The van der Waals surface area contributed by atoms with E-state index in [1.54, 1.807) is 17.0 Å². The topological polar surface area (TPSA) is 91.1 Å². The Morgan fingerprint density at radius 2 is 1.77 bits per heavy atom. The molecule has 1 aromatic rings. The molecule has 3 heterocycles. The number of piperazine rings is 1. The highest BCUT2D eigenvalue weighted by Gasteiger charge is 2.39. The number of hydrogen-bond acceptors (Lipinski definition) is 6. The Morgan fingerprint density at radius 1 is 1.07 bits per heavy atom. The Morgan fingerprint density at radius 3 is 2.33 bits per heavy atom. The number of furan rings is 1. The van der Waals surface area contributed by atoms with Gasteiger partial charge in [0.2, 0.25) is 5.91 Å². The molecule has 2 aliphatic heterocycles. The molecule has 2 saturated heterocycles. The average Bonchev–Trinajstić information content (AvgIpc) is 3.44. The largest absolute Gasteiger partial charge is 0.456 e. The average molecular weight is 438 g/mol. The van der Waals surface area contributed by atoms with Crippen molar-refractivity contribution in [3.63, 3.8) is 0 Å². The summed E-state index contributed by atoms with van der Waals surface area (Å²) >= 11 is 0. The van der Waals surface area contributed by atoms with E-state index in [1.807, 2.05) is 11.8 Å². The van der Waals surface area contributed by atoms with Crippen LogP contribution in [0.5, 0.6) is 0 Å². The number of aryl methyl sites for hydroxylation is 1. The van der Waals surface area contributed by atoms with Crippen LogP contribution in [0.2, 0.25) is 0 Å². The number of carbonyl (C=O) groups excluding carboxylic acids is 2. The molecule has 8 nitrogen and oxygen atoms in total. The molecular formula is C21H31N3O5S. The first-order chi connectivity index (χ1) is 14.3. The zero-order valence-corrected chi connectivity index (χ0v) is 18.4. The van der Waals surface area contributed by atoms with E-state index in [9.17, 15) is 18.0 Å². The Balaban J connectivity index is 1.35. The lowest BCUT2D eigenvalue weighted by Crippen LogP contribution is -2.54. The van der Waals surface area contributed by atoms with Crippen molar-refractivity contribution in [2.45, 2.75) is 51.1 Å². The normalized spacial score (nSPS) is 25.0. The lowest BCUT2D eigenvalue weighted by atomic mass is 10.1. The molecule has 0 spiro atoms. The van der Waals surface area contributed by atoms with Crippen LogP contribution in [0.25, 0.3) is 0 Å². The second kappa shape index (κ2) is 8.70. The van der Waals surface area contributed by atoms with E-state index in [2.05, 4.69) is 4.90 Å². The van der Waals surface area contributed by atoms with Crippen molar-refractivity contribution in [2.75, 3.05) is 44.2 Å². The van der Waals surface area contributed by atoms with Crippen molar-refractivity contribution in [3.8, 4) is 0 Å². The highest BCUT2D eigenvalue weighted by atomic mass is 32.2. The third-order valence-corrected chi connectivity index (χ3v) is 8.33. The molecule has 0 bridgehead atoms. The first-order valence-corrected chi connectivity index (χ1v) is 12.7. The SMILES string of the molecule is Cc1ccc(C(=O)N2CCN(CC(=O)N(C3CCCC3)C3CCS(=O)(=O)C3)CC2)o1. The minimum atomic E-state index is -3.04. The molecule has 9 heteroatoms. The van der Waals surface area contributed by atoms with Gasteiger partial charge in [-0.25, -0.2) is 8.42 Å². The van der Waals surface area contributed by atoms with Gasteiger partial charge in [-0.2, -0.15) is 0 Å². The molecule has 166 valence electrons. The van der Waals surface area contributed by atoms with Gasteiger partial charge in [0.05, 0.1) is 18.1 Å². The highest BCUT2D eigenvalue weighted by molar-refractivity contribution is 7.91. The standard InChI is InChI=1S/C21H31N3O5S/c1-16-6-7-19(29-16)21(26)23-11-9-22(10-12-23)14-20(25)24(17-4-2-3-5-17)18-8-13-30(27,28)15-18/h6-7,17-18H,2-5,8-15H2,1H3. The zero-order chi connectivity index (χ0) is 21.3. The van der Waals surface area contributed by atoms with Gasteiger partial charge >= 0.3 is 0 Å². The van der Waals surface area contributed by atoms with Crippen molar-refractivity contribution < 1.29 is 22.4 Å². The van der Waals surface area contributed by atoms with Crippen LogP contribution in [0.15, 0.2) is 16.5 Å². The maximum Gasteiger partial charge on any atom is 0.289 e. The minimum absolute atomic E-state index is 0.0328. The predicted octanol–water partition coefficient (Wildman–Crippen LogP) is 1.30. The van der Waals surface area contributed by atoms with Crippen LogP contribution >= 0.6 is 0 Å². The quantitative estimate of drug-likeness (QED) is 0.690. The first kappa shape index (κ1) is 21.4. The van der Waals surface area contributed by atoms with E-state index in [1.165, 1.54) is 0 Å². The monoisotopic (exact) mass is 437 g/mol. The molecule has 30 heavy (non-hydrogen) atoms. The smallest absolute Gasteiger partial charge is 0.289 e. The summed E-state index contributed by atoms with van der Waals surface area (Å²) in [5.41, 5.74) is 0. The second-order valence-electron chi connectivity index (χ2n) is 8.77. The van der Waals surface area contributed by atoms with E-state index >= 15 is 0 Å². The molecule has 1 saturated carbocycles. The van der Waals surface area contributed by atoms with Crippen LogP contribution in [0.4, 0.5) is 0 Å². The van der Waals surface area contributed by atoms with Crippen LogP contribution in [-0.2, 0) is 14.6 Å². The second-order valence-corrected chi connectivity index (χ2v) is 11.0. The molecule has 0 radical (unpaired) electrons. The zero-order valence-electron chi connectivity index (χ0n) is 17.6. The molecule has 4 rings (SSSR count). The lowest BCUT2D eigenvalue weighted by molar-refractivity contribution is -0.137. The summed E-state index contributed by atoms with van der Waals surface area (Å²) < 4.78 is 29.4. The Bertz CT molecular complexity index is 882. The third kappa shape index (κ3) is 4.72. The summed E-state index contributed by atoms with van der Waals surface area (Å²) in [5, 5.41) is 0. The molecule has 2 amide bonds. The summed E-state index contributed by atoms with van der Waals surface area (Å²) in [7, 11) is -3.04. The fourth-order valence-corrected chi connectivity index (χ4v) is 6.68. The van der Waals surface area contributed by atoms with E-state index in [0.29, 0.717) is 44.1 Å². The van der Waals surface area contributed by atoms with Crippen molar-refractivity contribution in [1.82, 2.24) is 14.7 Å². The van der Waals surface area contributed by atoms with E-state index < -0.39 is 9.84 Å². The van der Waals surface area contributed by atoms with Gasteiger partial charge in [-0.3, -0.25) is 14.5 Å². The van der Waals surface area contributed by atoms with Crippen LogP contribution < -0.4 is 0 Å². The number of sulfone groups is 1. The van der Waals surface area contributed by atoms with Gasteiger partial charge in [0.1, 0.15) is 5.76 Å². The molecule has 0 aromatic carbocycles. The van der Waals surface area contributed by atoms with Gasteiger partial charge in [0, 0.05) is 38.3 Å². The fourth-order valence-electron chi connectivity index (χ4n) is 4.97. The Kier molecular flexibility index (Phi) is 6.20. The number of rotatable bonds is 5. The maximum absolute atomic E-state index is 13.2. The van der Waals surface area contributed by atoms with E-state index in [0.717, 1.165) is 25.7 Å². The minimum Gasteiger partial charge on any atom is -0.456 e. The van der Waals surface area contributed by atoms with Gasteiger partial charge in [-0.15, -0.1) is 0 Å². The summed E-state index contributed by atoms with van der Waals surface area (Å²) in [5.74, 6) is 1.26. The maximum atomic E-state index is 13.2. The van der Waals surface area contributed by atoms with Gasteiger partial charge < -0.3 is 14.2 Å². The first-order valence-electron chi connectivity index (χ1n) is 10.9. The molecule has 1 aromatic heterocycles. The molecule has 1 aliphatic carbocycles.